The molecule has 1 aromatic rings. The first-order valence-electron chi connectivity index (χ1n) is 5.81. The average Bonchev–Trinajstić information content (AvgIpc) is 2.28. The molecule has 2 rings (SSSR count). The summed E-state index contributed by atoms with van der Waals surface area (Å²) in [5.41, 5.74) is 8.17. The summed E-state index contributed by atoms with van der Waals surface area (Å²) in [7, 11) is 0. The van der Waals surface area contributed by atoms with Gasteiger partial charge in [-0.05, 0) is 25.0 Å². The van der Waals surface area contributed by atoms with E-state index in [4.69, 9.17) is 5.73 Å². The SMILES string of the molecule is CCC(=O)N1c2ccccc2C(N)CC1C. The minimum absolute atomic E-state index is 0.0482. The van der Waals surface area contributed by atoms with Crippen molar-refractivity contribution in [1.82, 2.24) is 0 Å². The van der Waals surface area contributed by atoms with Gasteiger partial charge in [-0.2, -0.15) is 0 Å². The van der Waals surface area contributed by atoms with Gasteiger partial charge in [0.25, 0.3) is 0 Å². The summed E-state index contributed by atoms with van der Waals surface area (Å²) in [6, 6.07) is 8.17. The fraction of sp³-hybridized carbons (Fsp3) is 0.462. The average molecular weight is 218 g/mol. The number of fused-ring (bicyclic) bond motifs is 1. The number of para-hydroxylation sites is 1. The molecule has 86 valence electrons. The Hall–Kier alpha value is -1.35. The molecule has 0 radical (unpaired) electrons. The van der Waals surface area contributed by atoms with Gasteiger partial charge in [-0.3, -0.25) is 4.79 Å². The zero-order valence-corrected chi connectivity index (χ0v) is 9.81. The Bertz CT molecular complexity index is 403. The van der Waals surface area contributed by atoms with Crippen LogP contribution in [0.15, 0.2) is 24.3 Å². The zero-order valence-electron chi connectivity index (χ0n) is 9.81. The quantitative estimate of drug-likeness (QED) is 0.785. The number of nitrogens with two attached hydrogens (primary N) is 1. The monoisotopic (exact) mass is 218 g/mol. The number of carbonyl (C=O) groups excluding carboxylic acids is 1. The Morgan fingerprint density at radius 2 is 2.19 bits per heavy atom. The van der Waals surface area contributed by atoms with Gasteiger partial charge in [-0.25, -0.2) is 0 Å². The summed E-state index contributed by atoms with van der Waals surface area (Å²) in [6.07, 6.45) is 1.37. The minimum Gasteiger partial charge on any atom is -0.324 e. The molecular formula is C13H18N2O. The summed E-state index contributed by atoms with van der Waals surface area (Å²) in [4.78, 5) is 13.8. The second-order valence-corrected chi connectivity index (χ2v) is 4.37. The molecule has 3 heteroatoms. The number of nitrogens with zero attached hydrogens (tertiary/aromatic N) is 1. The topological polar surface area (TPSA) is 46.3 Å². The van der Waals surface area contributed by atoms with E-state index in [0.717, 1.165) is 17.7 Å². The number of benzene rings is 1. The summed E-state index contributed by atoms with van der Waals surface area (Å²) in [6.45, 7) is 3.95. The van der Waals surface area contributed by atoms with Crippen LogP contribution in [-0.2, 0) is 4.79 Å². The maximum Gasteiger partial charge on any atom is 0.226 e. The molecule has 2 N–H and O–H groups in total. The number of amides is 1. The largest absolute Gasteiger partial charge is 0.324 e. The van der Waals surface area contributed by atoms with Crippen molar-refractivity contribution in [2.45, 2.75) is 38.8 Å². The molecule has 1 aromatic carbocycles. The lowest BCUT2D eigenvalue weighted by Crippen LogP contribution is -2.44. The van der Waals surface area contributed by atoms with Crippen molar-refractivity contribution in [3.63, 3.8) is 0 Å². The molecule has 0 fully saturated rings. The molecule has 2 atom stereocenters. The van der Waals surface area contributed by atoms with Crippen LogP contribution in [0.25, 0.3) is 0 Å². The van der Waals surface area contributed by atoms with E-state index >= 15 is 0 Å². The van der Waals surface area contributed by atoms with E-state index in [0.29, 0.717) is 6.42 Å². The molecule has 1 aliphatic rings. The van der Waals surface area contributed by atoms with Crippen LogP contribution in [0, 0.1) is 0 Å². The molecule has 0 aromatic heterocycles. The first-order valence-corrected chi connectivity index (χ1v) is 5.81. The Labute approximate surface area is 96.2 Å². The van der Waals surface area contributed by atoms with Crippen LogP contribution in [0.4, 0.5) is 5.69 Å². The van der Waals surface area contributed by atoms with E-state index in [9.17, 15) is 4.79 Å². The lowest BCUT2D eigenvalue weighted by atomic mass is 9.92. The number of rotatable bonds is 1. The molecule has 2 unspecified atom stereocenters. The molecule has 1 amide bonds. The summed E-state index contributed by atoms with van der Waals surface area (Å²) in [5.74, 6) is 0.173. The van der Waals surface area contributed by atoms with Gasteiger partial charge in [0, 0.05) is 24.2 Å². The third kappa shape index (κ3) is 1.71. The Morgan fingerprint density at radius 3 is 2.88 bits per heavy atom. The predicted molar refractivity (Wildman–Crippen MR) is 65.2 cm³/mol. The first-order chi connectivity index (χ1) is 7.65. The second kappa shape index (κ2) is 4.26. The second-order valence-electron chi connectivity index (χ2n) is 4.37. The van der Waals surface area contributed by atoms with Crippen molar-refractivity contribution in [1.29, 1.82) is 0 Å². The minimum atomic E-state index is 0.0482. The summed E-state index contributed by atoms with van der Waals surface area (Å²) in [5, 5.41) is 0. The van der Waals surface area contributed by atoms with E-state index in [-0.39, 0.29) is 18.0 Å². The summed E-state index contributed by atoms with van der Waals surface area (Å²) < 4.78 is 0. The molecule has 0 bridgehead atoms. The highest BCUT2D eigenvalue weighted by Crippen LogP contribution is 2.35. The van der Waals surface area contributed by atoms with Crippen LogP contribution in [0.2, 0.25) is 0 Å². The standard InChI is InChI=1S/C13H18N2O/c1-3-13(16)15-9(2)8-11(14)10-6-4-5-7-12(10)15/h4-7,9,11H,3,8,14H2,1-2H3. The third-order valence-corrected chi connectivity index (χ3v) is 3.20. The number of hydrogen-bond donors (Lipinski definition) is 1. The van der Waals surface area contributed by atoms with Crippen molar-refractivity contribution in [2.75, 3.05) is 4.90 Å². The fourth-order valence-electron chi connectivity index (χ4n) is 2.41. The van der Waals surface area contributed by atoms with Gasteiger partial charge in [-0.1, -0.05) is 25.1 Å². The smallest absolute Gasteiger partial charge is 0.226 e. The highest BCUT2D eigenvalue weighted by Gasteiger charge is 2.30. The van der Waals surface area contributed by atoms with Gasteiger partial charge in [0.05, 0.1) is 0 Å². The van der Waals surface area contributed by atoms with Gasteiger partial charge >= 0.3 is 0 Å². The third-order valence-electron chi connectivity index (χ3n) is 3.20. The maximum atomic E-state index is 11.9. The van der Waals surface area contributed by atoms with Gasteiger partial charge in [-0.15, -0.1) is 0 Å². The van der Waals surface area contributed by atoms with Crippen molar-refractivity contribution in [2.24, 2.45) is 5.73 Å². The summed E-state index contributed by atoms with van der Waals surface area (Å²) >= 11 is 0. The van der Waals surface area contributed by atoms with Crippen molar-refractivity contribution < 1.29 is 4.79 Å². The lowest BCUT2D eigenvalue weighted by Gasteiger charge is -2.38. The van der Waals surface area contributed by atoms with E-state index in [1.54, 1.807) is 0 Å². The molecule has 16 heavy (non-hydrogen) atoms. The molecule has 0 saturated carbocycles. The van der Waals surface area contributed by atoms with Crippen LogP contribution in [0.1, 0.15) is 38.3 Å². The Morgan fingerprint density at radius 1 is 1.50 bits per heavy atom. The van der Waals surface area contributed by atoms with Gasteiger partial charge < -0.3 is 10.6 Å². The van der Waals surface area contributed by atoms with E-state index in [1.807, 2.05) is 36.1 Å². The van der Waals surface area contributed by atoms with E-state index in [2.05, 4.69) is 6.92 Å². The molecule has 0 aliphatic carbocycles. The Kier molecular flexibility index (Phi) is 2.97. The maximum absolute atomic E-state index is 11.9. The normalized spacial score (nSPS) is 24.1. The van der Waals surface area contributed by atoms with Gasteiger partial charge in [0.15, 0.2) is 0 Å². The molecular weight excluding hydrogens is 200 g/mol. The molecule has 1 heterocycles. The fourth-order valence-corrected chi connectivity index (χ4v) is 2.41. The van der Waals surface area contributed by atoms with Crippen LogP contribution in [0.3, 0.4) is 0 Å². The first kappa shape index (κ1) is 11.1. The molecule has 1 aliphatic heterocycles. The van der Waals surface area contributed by atoms with Crippen LogP contribution >= 0.6 is 0 Å². The number of anilines is 1. The van der Waals surface area contributed by atoms with E-state index < -0.39 is 0 Å². The van der Waals surface area contributed by atoms with Gasteiger partial charge in [0.1, 0.15) is 0 Å². The van der Waals surface area contributed by atoms with Gasteiger partial charge in [0.2, 0.25) is 5.91 Å². The Balaban J connectivity index is 2.47. The highest BCUT2D eigenvalue weighted by atomic mass is 16.2. The lowest BCUT2D eigenvalue weighted by molar-refractivity contribution is -0.118. The molecule has 3 nitrogen and oxygen atoms in total. The van der Waals surface area contributed by atoms with Crippen molar-refractivity contribution in [3.8, 4) is 0 Å². The van der Waals surface area contributed by atoms with Crippen LogP contribution in [-0.4, -0.2) is 11.9 Å². The van der Waals surface area contributed by atoms with Crippen molar-refractivity contribution >= 4 is 11.6 Å². The molecule has 0 saturated heterocycles. The van der Waals surface area contributed by atoms with Crippen LogP contribution < -0.4 is 10.6 Å². The zero-order chi connectivity index (χ0) is 11.7. The number of carbonyl (C=O) groups is 1. The van der Waals surface area contributed by atoms with E-state index in [1.165, 1.54) is 0 Å². The highest BCUT2D eigenvalue weighted by molar-refractivity contribution is 5.95. The molecule has 0 spiro atoms. The van der Waals surface area contributed by atoms with Crippen molar-refractivity contribution in [3.05, 3.63) is 29.8 Å². The van der Waals surface area contributed by atoms with Crippen LogP contribution in [0.5, 0.6) is 0 Å². The predicted octanol–water partition coefficient (Wildman–Crippen LogP) is 2.22. The number of hydrogen-bond acceptors (Lipinski definition) is 2.